The molecule has 156 valence electrons. The molecule has 1 spiro atoms. The molecule has 1 saturated heterocycles. The molecule has 0 atom stereocenters. The van der Waals surface area contributed by atoms with Gasteiger partial charge in [-0.2, -0.15) is 13.2 Å². The lowest BCUT2D eigenvalue weighted by molar-refractivity contribution is -0.137. The molecule has 2 aliphatic heterocycles. The molecule has 28 heavy (non-hydrogen) atoms. The number of amidine groups is 1. The number of ether oxygens (including phenoxy) is 1. The molecular formula is C17H21ClF4N4O2. The standard InChI is InChI=1S/C17H20F4N4O2.ClH/c18-11-3-1-4-12-13(11)14(22)24-16(23-12)6-8-25(9-7-16)15(26)27-10-2-5-17(19,20)21;/h1,3-4,23H,2,5-10H2,(H2,22,24);1H. The summed E-state index contributed by atoms with van der Waals surface area (Å²) in [7, 11) is 0. The number of aliphatic imine (C=N–C) groups is 1. The fraction of sp³-hybridized carbons (Fsp3) is 0.529. The molecular weight excluding hydrogens is 404 g/mol. The minimum Gasteiger partial charge on any atom is -0.449 e. The molecule has 3 N–H and O–H groups in total. The minimum absolute atomic E-state index is 0. The van der Waals surface area contributed by atoms with Gasteiger partial charge in [0.05, 0.1) is 12.2 Å². The second-order valence-corrected chi connectivity index (χ2v) is 6.64. The first-order chi connectivity index (χ1) is 12.7. The van der Waals surface area contributed by atoms with Crippen LogP contribution in [0.3, 0.4) is 0 Å². The number of halogens is 5. The largest absolute Gasteiger partial charge is 0.449 e. The number of hydrogen-bond acceptors (Lipinski definition) is 5. The number of piperidine rings is 1. The van der Waals surface area contributed by atoms with E-state index in [1.54, 1.807) is 12.1 Å². The van der Waals surface area contributed by atoms with Crippen LogP contribution in [0.1, 0.15) is 31.2 Å². The van der Waals surface area contributed by atoms with Gasteiger partial charge in [0, 0.05) is 38.0 Å². The number of nitrogens with two attached hydrogens (primary N) is 1. The van der Waals surface area contributed by atoms with Crippen LogP contribution in [0.2, 0.25) is 0 Å². The number of hydrogen-bond donors (Lipinski definition) is 2. The molecule has 1 fully saturated rings. The third-order valence-electron chi connectivity index (χ3n) is 4.65. The Morgan fingerprint density at radius 1 is 1.32 bits per heavy atom. The third-order valence-corrected chi connectivity index (χ3v) is 4.65. The van der Waals surface area contributed by atoms with E-state index in [-0.39, 0.29) is 36.8 Å². The summed E-state index contributed by atoms with van der Waals surface area (Å²) in [5.41, 5.74) is 5.98. The summed E-state index contributed by atoms with van der Waals surface area (Å²) in [4.78, 5) is 17.8. The summed E-state index contributed by atoms with van der Waals surface area (Å²) < 4.78 is 55.1. The topological polar surface area (TPSA) is 80.0 Å². The number of amides is 1. The van der Waals surface area contributed by atoms with Crippen molar-refractivity contribution in [1.82, 2.24) is 4.90 Å². The minimum atomic E-state index is -4.26. The van der Waals surface area contributed by atoms with Crippen LogP contribution in [0.4, 0.5) is 28.0 Å². The third kappa shape index (κ3) is 4.98. The van der Waals surface area contributed by atoms with Gasteiger partial charge in [0.25, 0.3) is 0 Å². The number of nitrogens with zero attached hydrogens (tertiary/aromatic N) is 2. The lowest BCUT2D eigenvalue weighted by Gasteiger charge is -2.42. The van der Waals surface area contributed by atoms with Gasteiger partial charge in [-0.25, -0.2) is 14.2 Å². The molecule has 0 aromatic heterocycles. The van der Waals surface area contributed by atoms with Crippen LogP contribution in [-0.2, 0) is 4.74 Å². The Balaban J connectivity index is 0.00000280. The van der Waals surface area contributed by atoms with Crippen molar-refractivity contribution < 1.29 is 27.1 Å². The van der Waals surface area contributed by atoms with E-state index in [1.165, 1.54) is 11.0 Å². The van der Waals surface area contributed by atoms with E-state index in [0.29, 0.717) is 31.6 Å². The molecule has 6 nitrogen and oxygen atoms in total. The molecule has 0 bridgehead atoms. The van der Waals surface area contributed by atoms with Gasteiger partial charge in [0.15, 0.2) is 0 Å². The maximum Gasteiger partial charge on any atom is 0.409 e. The van der Waals surface area contributed by atoms with Crippen LogP contribution in [0.25, 0.3) is 0 Å². The summed E-state index contributed by atoms with van der Waals surface area (Å²) in [5.74, 6) is -0.360. The first-order valence-corrected chi connectivity index (χ1v) is 8.60. The fourth-order valence-corrected chi connectivity index (χ4v) is 3.27. The Kier molecular flexibility index (Phi) is 6.63. The first-order valence-electron chi connectivity index (χ1n) is 8.60. The van der Waals surface area contributed by atoms with E-state index >= 15 is 0 Å². The van der Waals surface area contributed by atoms with Gasteiger partial charge >= 0.3 is 12.3 Å². The van der Waals surface area contributed by atoms with Crippen molar-refractivity contribution in [2.24, 2.45) is 10.7 Å². The van der Waals surface area contributed by atoms with Crippen LogP contribution in [0, 0.1) is 5.82 Å². The number of fused-ring (bicyclic) bond motifs is 1. The maximum atomic E-state index is 13.9. The van der Waals surface area contributed by atoms with Crippen molar-refractivity contribution in [2.45, 2.75) is 37.5 Å². The second-order valence-electron chi connectivity index (χ2n) is 6.64. The van der Waals surface area contributed by atoms with Gasteiger partial charge in [0.1, 0.15) is 17.3 Å². The number of rotatable bonds is 3. The van der Waals surface area contributed by atoms with Crippen LogP contribution in [0.5, 0.6) is 0 Å². The Hall–Kier alpha value is -2.23. The molecule has 0 saturated carbocycles. The predicted octanol–water partition coefficient (Wildman–Crippen LogP) is 3.65. The van der Waals surface area contributed by atoms with Crippen LogP contribution in [-0.4, -0.2) is 48.4 Å². The molecule has 0 radical (unpaired) electrons. The number of benzene rings is 1. The summed E-state index contributed by atoms with van der Waals surface area (Å²) in [5, 5.41) is 3.20. The molecule has 1 aromatic rings. The number of likely N-dealkylation sites (tertiary alicyclic amines) is 1. The molecule has 3 rings (SSSR count). The molecule has 2 heterocycles. The Labute approximate surface area is 165 Å². The summed E-state index contributed by atoms with van der Waals surface area (Å²) >= 11 is 0. The Bertz CT molecular complexity index is 749. The SMILES string of the molecule is Cl.NC1=NC2(CCN(C(=O)OCCCC(F)(F)F)CC2)Nc2cccc(F)c21. The molecule has 1 amide bonds. The maximum absolute atomic E-state index is 13.9. The van der Waals surface area contributed by atoms with Gasteiger partial charge in [-0.05, 0) is 18.6 Å². The zero-order valence-electron chi connectivity index (χ0n) is 14.9. The van der Waals surface area contributed by atoms with E-state index in [9.17, 15) is 22.4 Å². The average molecular weight is 425 g/mol. The molecule has 0 aliphatic carbocycles. The van der Waals surface area contributed by atoms with Gasteiger partial charge in [0.2, 0.25) is 0 Å². The van der Waals surface area contributed by atoms with E-state index < -0.39 is 30.2 Å². The molecule has 1 aromatic carbocycles. The predicted molar refractivity (Wildman–Crippen MR) is 98.2 cm³/mol. The van der Waals surface area contributed by atoms with Crippen LogP contribution in [0.15, 0.2) is 23.2 Å². The second kappa shape index (κ2) is 8.42. The molecule has 11 heteroatoms. The van der Waals surface area contributed by atoms with Crippen LogP contribution >= 0.6 is 12.4 Å². The van der Waals surface area contributed by atoms with E-state index in [1.807, 2.05) is 0 Å². The number of carbonyl (C=O) groups is 1. The van der Waals surface area contributed by atoms with Crippen molar-refractivity contribution >= 4 is 30.0 Å². The number of nitrogens with one attached hydrogen (secondary N) is 1. The highest BCUT2D eigenvalue weighted by Crippen LogP contribution is 2.35. The molecule has 0 unspecified atom stereocenters. The van der Waals surface area contributed by atoms with Crippen molar-refractivity contribution in [1.29, 1.82) is 0 Å². The van der Waals surface area contributed by atoms with Gasteiger partial charge in [-0.15, -0.1) is 12.4 Å². The quantitative estimate of drug-likeness (QED) is 0.573. The lowest BCUT2D eigenvalue weighted by atomic mass is 9.94. The zero-order chi connectivity index (χ0) is 19.7. The summed E-state index contributed by atoms with van der Waals surface area (Å²) in [6.07, 6.45) is -5.33. The van der Waals surface area contributed by atoms with Crippen LogP contribution < -0.4 is 11.1 Å². The van der Waals surface area contributed by atoms with Gasteiger partial charge in [-0.1, -0.05) is 6.07 Å². The van der Waals surface area contributed by atoms with E-state index in [2.05, 4.69) is 10.3 Å². The first kappa shape index (κ1) is 22.1. The Morgan fingerprint density at radius 3 is 2.64 bits per heavy atom. The highest BCUT2D eigenvalue weighted by Gasteiger charge is 2.39. The zero-order valence-corrected chi connectivity index (χ0v) is 15.7. The normalized spacial score (nSPS) is 17.9. The average Bonchev–Trinajstić information content (AvgIpc) is 2.58. The summed E-state index contributed by atoms with van der Waals surface area (Å²) in [6, 6.07) is 4.59. The summed E-state index contributed by atoms with van der Waals surface area (Å²) in [6.45, 7) is 0.315. The lowest BCUT2D eigenvalue weighted by Crippen LogP contribution is -2.52. The van der Waals surface area contributed by atoms with Gasteiger partial charge < -0.3 is 20.7 Å². The van der Waals surface area contributed by atoms with Crippen molar-refractivity contribution in [2.75, 3.05) is 25.0 Å². The van der Waals surface area contributed by atoms with Crippen molar-refractivity contribution in [3.63, 3.8) is 0 Å². The van der Waals surface area contributed by atoms with E-state index in [0.717, 1.165) is 0 Å². The Morgan fingerprint density at radius 2 is 2.00 bits per heavy atom. The number of carbonyl (C=O) groups excluding carboxylic acids is 1. The van der Waals surface area contributed by atoms with Crippen molar-refractivity contribution in [3.8, 4) is 0 Å². The number of alkyl halides is 3. The van der Waals surface area contributed by atoms with Gasteiger partial charge in [-0.3, -0.25) is 0 Å². The highest BCUT2D eigenvalue weighted by atomic mass is 35.5. The monoisotopic (exact) mass is 424 g/mol. The number of anilines is 1. The van der Waals surface area contributed by atoms with Crippen molar-refractivity contribution in [3.05, 3.63) is 29.6 Å². The highest BCUT2D eigenvalue weighted by molar-refractivity contribution is 6.04. The smallest absolute Gasteiger partial charge is 0.409 e. The molecule has 2 aliphatic rings. The fourth-order valence-electron chi connectivity index (χ4n) is 3.27. The van der Waals surface area contributed by atoms with E-state index in [4.69, 9.17) is 10.5 Å².